The van der Waals surface area contributed by atoms with E-state index in [4.69, 9.17) is 5.11 Å². The standard InChI is InChI=1S/C10H18N2O3/c1-2-8(10(14)15)12-9(13)5-6-11-7-3-4-7/h7-8,11H,2-6H2,1H3,(H,12,13)(H,14,15)/t8-/m1/s1. The summed E-state index contributed by atoms with van der Waals surface area (Å²) in [5.41, 5.74) is 0. The van der Waals surface area contributed by atoms with Crippen LogP contribution in [0.2, 0.25) is 0 Å². The van der Waals surface area contributed by atoms with E-state index in [9.17, 15) is 9.59 Å². The molecule has 1 rings (SSSR count). The van der Waals surface area contributed by atoms with Gasteiger partial charge in [0.25, 0.3) is 0 Å². The molecule has 1 aliphatic rings. The number of hydrogen-bond acceptors (Lipinski definition) is 3. The number of aliphatic carboxylic acids is 1. The fourth-order valence-electron chi connectivity index (χ4n) is 1.28. The zero-order valence-electron chi connectivity index (χ0n) is 8.95. The molecule has 0 heterocycles. The average Bonchev–Trinajstić information content (AvgIpc) is 2.97. The van der Waals surface area contributed by atoms with Crippen molar-refractivity contribution in [3.63, 3.8) is 0 Å². The van der Waals surface area contributed by atoms with Gasteiger partial charge in [0, 0.05) is 19.0 Å². The van der Waals surface area contributed by atoms with Gasteiger partial charge in [-0.2, -0.15) is 0 Å². The molecule has 15 heavy (non-hydrogen) atoms. The van der Waals surface area contributed by atoms with Gasteiger partial charge in [-0.3, -0.25) is 4.79 Å². The van der Waals surface area contributed by atoms with Crippen molar-refractivity contribution in [3.05, 3.63) is 0 Å². The molecule has 1 aliphatic carbocycles. The lowest BCUT2D eigenvalue weighted by Crippen LogP contribution is -2.41. The lowest BCUT2D eigenvalue weighted by Gasteiger charge is -2.12. The van der Waals surface area contributed by atoms with Crippen LogP contribution in [-0.2, 0) is 9.59 Å². The van der Waals surface area contributed by atoms with Gasteiger partial charge in [0.05, 0.1) is 0 Å². The second kappa shape index (κ2) is 5.70. The van der Waals surface area contributed by atoms with Crippen molar-refractivity contribution >= 4 is 11.9 Å². The van der Waals surface area contributed by atoms with Crippen LogP contribution in [0.5, 0.6) is 0 Å². The molecule has 1 amide bonds. The summed E-state index contributed by atoms with van der Waals surface area (Å²) in [5.74, 6) is -1.17. The van der Waals surface area contributed by atoms with E-state index in [1.165, 1.54) is 12.8 Å². The Balaban J connectivity index is 2.12. The molecule has 0 spiro atoms. The van der Waals surface area contributed by atoms with Crippen LogP contribution in [0.4, 0.5) is 0 Å². The Morgan fingerprint density at radius 2 is 2.13 bits per heavy atom. The Labute approximate surface area is 89.2 Å². The predicted octanol–water partition coefficient (Wildman–Crippen LogP) is 0.108. The van der Waals surface area contributed by atoms with Gasteiger partial charge < -0.3 is 15.7 Å². The number of carboxylic acid groups (broad SMARTS) is 1. The van der Waals surface area contributed by atoms with Crippen molar-refractivity contribution < 1.29 is 14.7 Å². The summed E-state index contributed by atoms with van der Waals surface area (Å²) in [7, 11) is 0. The largest absolute Gasteiger partial charge is 0.480 e. The van der Waals surface area contributed by atoms with Crippen LogP contribution in [0, 0.1) is 0 Å². The average molecular weight is 214 g/mol. The number of carboxylic acids is 1. The second-order valence-electron chi connectivity index (χ2n) is 3.84. The maximum absolute atomic E-state index is 11.3. The van der Waals surface area contributed by atoms with E-state index in [2.05, 4.69) is 10.6 Å². The lowest BCUT2D eigenvalue weighted by atomic mass is 10.2. The maximum atomic E-state index is 11.3. The van der Waals surface area contributed by atoms with Crippen molar-refractivity contribution in [1.82, 2.24) is 10.6 Å². The third kappa shape index (κ3) is 4.78. The smallest absolute Gasteiger partial charge is 0.326 e. The second-order valence-corrected chi connectivity index (χ2v) is 3.84. The van der Waals surface area contributed by atoms with Gasteiger partial charge in [-0.25, -0.2) is 4.79 Å². The first-order valence-electron chi connectivity index (χ1n) is 5.39. The molecule has 1 saturated carbocycles. The molecule has 0 bridgehead atoms. The van der Waals surface area contributed by atoms with E-state index in [0.29, 0.717) is 25.4 Å². The highest BCUT2D eigenvalue weighted by molar-refractivity contribution is 5.83. The molecule has 1 atom stereocenters. The highest BCUT2D eigenvalue weighted by atomic mass is 16.4. The van der Waals surface area contributed by atoms with E-state index in [-0.39, 0.29) is 5.91 Å². The Bertz CT molecular complexity index is 239. The van der Waals surface area contributed by atoms with Crippen molar-refractivity contribution in [2.24, 2.45) is 0 Å². The van der Waals surface area contributed by atoms with Crippen LogP contribution >= 0.6 is 0 Å². The Morgan fingerprint density at radius 3 is 2.60 bits per heavy atom. The predicted molar refractivity (Wildman–Crippen MR) is 55.5 cm³/mol. The van der Waals surface area contributed by atoms with E-state index in [1.807, 2.05) is 0 Å². The minimum atomic E-state index is -0.971. The molecule has 1 fully saturated rings. The third-order valence-electron chi connectivity index (χ3n) is 2.40. The molecule has 86 valence electrons. The molecule has 5 heteroatoms. The molecule has 0 aromatic carbocycles. The summed E-state index contributed by atoms with van der Waals surface area (Å²) in [4.78, 5) is 21.9. The van der Waals surface area contributed by atoms with E-state index in [1.54, 1.807) is 6.92 Å². The minimum absolute atomic E-state index is 0.197. The molecule has 5 nitrogen and oxygen atoms in total. The van der Waals surface area contributed by atoms with Gasteiger partial charge in [-0.05, 0) is 19.3 Å². The first-order valence-corrected chi connectivity index (χ1v) is 5.39. The van der Waals surface area contributed by atoms with Crippen molar-refractivity contribution in [1.29, 1.82) is 0 Å². The van der Waals surface area contributed by atoms with E-state index in [0.717, 1.165) is 0 Å². The van der Waals surface area contributed by atoms with Crippen LogP contribution in [0.25, 0.3) is 0 Å². The highest BCUT2D eigenvalue weighted by Gasteiger charge is 2.21. The summed E-state index contributed by atoms with van der Waals surface area (Å²) < 4.78 is 0. The summed E-state index contributed by atoms with van der Waals surface area (Å²) in [6.45, 7) is 2.37. The quantitative estimate of drug-likeness (QED) is 0.562. The SMILES string of the molecule is CC[C@@H](NC(=O)CCNC1CC1)C(=O)O. The zero-order chi connectivity index (χ0) is 11.3. The maximum Gasteiger partial charge on any atom is 0.326 e. The van der Waals surface area contributed by atoms with Crippen LogP contribution in [0.15, 0.2) is 0 Å². The molecule has 0 radical (unpaired) electrons. The van der Waals surface area contributed by atoms with Gasteiger partial charge in [-0.1, -0.05) is 6.92 Å². The normalized spacial score (nSPS) is 17.1. The zero-order valence-corrected chi connectivity index (χ0v) is 8.95. The molecular weight excluding hydrogens is 196 g/mol. The molecule has 0 aliphatic heterocycles. The van der Waals surface area contributed by atoms with Crippen molar-refractivity contribution in [2.45, 2.75) is 44.7 Å². The minimum Gasteiger partial charge on any atom is -0.480 e. The van der Waals surface area contributed by atoms with Crippen LogP contribution < -0.4 is 10.6 Å². The monoisotopic (exact) mass is 214 g/mol. The van der Waals surface area contributed by atoms with Gasteiger partial charge >= 0.3 is 5.97 Å². The fraction of sp³-hybridized carbons (Fsp3) is 0.800. The van der Waals surface area contributed by atoms with E-state index >= 15 is 0 Å². The van der Waals surface area contributed by atoms with Gasteiger partial charge in [0.15, 0.2) is 0 Å². The Morgan fingerprint density at radius 1 is 1.47 bits per heavy atom. The lowest BCUT2D eigenvalue weighted by molar-refractivity contribution is -0.141. The van der Waals surface area contributed by atoms with Gasteiger partial charge in [0.1, 0.15) is 6.04 Å². The Kier molecular flexibility index (Phi) is 4.55. The van der Waals surface area contributed by atoms with Crippen LogP contribution in [0.1, 0.15) is 32.6 Å². The van der Waals surface area contributed by atoms with Gasteiger partial charge in [-0.15, -0.1) is 0 Å². The van der Waals surface area contributed by atoms with E-state index < -0.39 is 12.0 Å². The summed E-state index contributed by atoms with van der Waals surface area (Å²) in [5, 5.41) is 14.4. The number of carbonyl (C=O) groups is 2. The number of carbonyl (C=O) groups excluding carboxylic acids is 1. The van der Waals surface area contributed by atoms with Crippen molar-refractivity contribution in [2.75, 3.05) is 6.54 Å². The molecule has 0 saturated heterocycles. The van der Waals surface area contributed by atoms with Crippen LogP contribution in [0.3, 0.4) is 0 Å². The number of hydrogen-bond donors (Lipinski definition) is 3. The molecule has 0 unspecified atom stereocenters. The summed E-state index contributed by atoms with van der Waals surface area (Å²) in [6, 6.07) is -0.169. The summed E-state index contributed by atoms with van der Waals surface area (Å²) >= 11 is 0. The molecular formula is C10H18N2O3. The fourth-order valence-corrected chi connectivity index (χ4v) is 1.28. The van der Waals surface area contributed by atoms with Crippen LogP contribution in [-0.4, -0.2) is 35.6 Å². The highest BCUT2D eigenvalue weighted by Crippen LogP contribution is 2.18. The number of rotatable bonds is 7. The van der Waals surface area contributed by atoms with Crippen molar-refractivity contribution in [3.8, 4) is 0 Å². The molecule has 3 N–H and O–H groups in total. The van der Waals surface area contributed by atoms with Gasteiger partial charge in [0.2, 0.25) is 5.91 Å². The first kappa shape index (κ1) is 12.0. The third-order valence-corrected chi connectivity index (χ3v) is 2.40. The molecule has 0 aromatic rings. The first-order chi connectivity index (χ1) is 7.13. The number of nitrogens with one attached hydrogen (secondary N) is 2. The Hall–Kier alpha value is -1.10. The molecule has 0 aromatic heterocycles. The summed E-state index contributed by atoms with van der Waals surface area (Å²) in [6.07, 6.45) is 3.14. The topological polar surface area (TPSA) is 78.4 Å². The number of amides is 1.